The van der Waals surface area contributed by atoms with E-state index in [0.29, 0.717) is 19.5 Å². The van der Waals surface area contributed by atoms with Crippen molar-refractivity contribution in [3.63, 3.8) is 0 Å². The Morgan fingerprint density at radius 3 is 2.61 bits per heavy atom. The molecule has 0 aromatic heterocycles. The lowest BCUT2D eigenvalue weighted by Crippen LogP contribution is -2.46. The predicted octanol–water partition coefficient (Wildman–Crippen LogP) is 0.896. The number of hydrogen-bond donors (Lipinski definition) is 2. The zero-order valence-electron chi connectivity index (χ0n) is 13.9. The first-order valence-electron chi connectivity index (χ1n) is 7.90. The van der Waals surface area contributed by atoms with Gasteiger partial charge in [-0.1, -0.05) is 19.1 Å². The Kier molecular flexibility index (Phi) is 5.60. The standard InChI is InChI=1S/C17H25N3O3/c1-11(12(2)18)16(21)19-15-8-9-20(17(15)22)10-13-4-6-14(23-3)7-5-13/h4-7,11-12,15H,8-10,18H2,1-3H3,(H,19,21). The van der Waals surface area contributed by atoms with E-state index in [0.717, 1.165) is 11.3 Å². The van der Waals surface area contributed by atoms with E-state index in [1.165, 1.54) is 0 Å². The topological polar surface area (TPSA) is 84.7 Å². The fourth-order valence-corrected chi connectivity index (χ4v) is 2.52. The largest absolute Gasteiger partial charge is 0.497 e. The summed E-state index contributed by atoms with van der Waals surface area (Å²) in [6, 6.07) is 6.95. The average Bonchev–Trinajstić information content (AvgIpc) is 2.88. The summed E-state index contributed by atoms with van der Waals surface area (Å²) >= 11 is 0. The number of carbonyl (C=O) groups excluding carboxylic acids is 2. The van der Waals surface area contributed by atoms with Gasteiger partial charge in [0.2, 0.25) is 11.8 Å². The van der Waals surface area contributed by atoms with Gasteiger partial charge in [0.05, 0.1) is 7.11 Å². The molecule has 2 amide bonds. The van der Waals surface area contributed by atoms with Crippen LogP contribution < -0.4 is 15.8 Å². The van der Waals surface area contributed by atoms with E-state index in [9.17, 15) is 9.59 Å². The molecular weight excluding hydrogens is 294 g/mol. The van der Waals surface area contributed by atoms with Crippen molar-refractivity contribution in [2.45, 2.75) is 38.9 Å². The van der Waals surface area contributed by atoms with Gasteiger partial charge in [-0.3, -0.25) is 9.59 Å². The van der Waals surface area contributed by atoms with Crippen LogP contribution in [0.15, 0.2) is 24.3 Å². The summed E-state index contributed by atoms with van der Waals surface area (Å²) in [5.74, 6) is 0.283. The van der Waals surface area contributed by atoms with Gasteiger partial charge >= 0.3 is 0 Å². The van der Waals surface area contributed by atoms with Gasteiger partial charge in [-0.05, 0) is 31.0 Å². The number of methoxy groups -OCH3 is 1. The molecule has 1 aliphatic heterocycles. The fraction of sp³-hybridized carbons (Fsp3) is 0.529. The highest BCUT2D eigenvalue weighted by atomic mass is 16.5. The monoisotopic (exact) mass is 319 g/mol. The Balaban J connectivity index is 1.92. The first-order chi connectivity index (χ1) is 10.9. The number of rotatable bonds is 6. The van der Waals surface area contributed by atoms with E-state index >= 15 is 0 Å². The van der Waals surface area contributed by atoms with Crippen LogP contribution in [0.1, 0.15) is 25.8 Å². The molecule has 2 rings (SSSR count). The second-order valence-electron chi connectivity index (χ2n) is 6.11. The lowest BCUT2D eigenvalue weighted by atomic mass is 10.0. The Bertz CT molecular complexity index is 557. The number of hydrogen-bond acceptors (Lipinski definition) is 4. The van der Waals surface area contributed by atoms with Crippen LogP contribution >= 0.6 is 0 Å². The third-order valence-corrected chi connectivity index (χ3v) is 4.35. The van der Waals surface area contributed by atoms with Crippen LogP contribution in [-0.4, -0.2) is 42.5 Å². The Morgan fingerprint density at radius 1 is 1.39 bits per heavy atom. The van der Waals surface area contributed by atoms with Gasteiger partial charge in [0.1, 0.15) is 11.8 Å². The molecule has 1 heterocycles. The molecule has 3 atom stereocenters. The SMILES string of the molecule is COc1ccc(CN2CCC(NC(=O)C(C)C(C)N)C2=O)cc1. The van der Waals surface area contributed by atoms with Crippen LogP contribution in [0.25, 0.3) is 0 Å². The minimum Gasteiger partial charge on any atom is -0.497 e. The number of nitrogens with two attached hydrogens (primary N) is 1. The van der Waals surface area contributed by atoms with Crippen molar-refractivity contribution in [3.8, 4) is 5.75 Å². The quantitative estimate of drug-likeness (QED) is 0.816. The number of nitrogens with one attached hydrogen (secondary N) is 1. The Morgan fingerprint density at radius 2 is 2.04 bits per heavy atom. The molecule has 1 aliphatic rings. The van der Waals surface area contributed by atoms with E-state index in [-0.39, 0.29) is 23.8 Å². The molecule has 6 nitrogen and oxygen atoms in total. The van der Waals surface area contributed by atoms with Gasteiger partial charge < -0.3 is 20.7 Å². The van der Waals surface area contributed by atoms with E-state index in [4.69, 9.17) is 10.5 Å². The van der Waals surface area contributed by atoms with Crippen molar-refractivity contribution >= 4 is 11.8 Å². The first kappa shape index (κ1) is 17.3. The van der Waals surface area contributed by atoms with Gasteiger partial charge in [-0.25, -0.2) is 0 Å². The molecule has 1 fully saturated rings. The van der Waals surface area contributed by atoms with Crippen molar-refractivity contribution < 1.29 is 14.3 Å². The van der Waals surface area contributed by atoms with Crippen molar-refractivity contribution in [1.29, 1.82) is 0 Å². The molecule has 0 saturated carbocycles. The van der Waals surface area contributed by atoms with Crippen LogP contribution in [0.3, 0.4) is 0 Å². The van der Waals surface area contributed by atoms with Gasteiger partial charge in [0, 0.05) is 25.0 Å². The minimum atomic E-state index is -0.443. The molecule has 6 heteroatoms. The second kappa shape index (κ2) is 7.46. The fourth-order valence-electron chi connectivity index (χ4n) is 2.52. The molecule has 0 radical (unpaired) electrons. The second-order valence-corrected chi connectivity index (χ2v) is 6.11. The molecule has 0 spiro atoms. The number of likely N-dealkylation sites (tertiary alicyclic amines) is 1. The van der Waals surface area contributed by atoms with E-state index in [1.807, 2.05) is 24.3 Å². The third kappa shape index (κ3) is 4.22. The molecule has 126 valence electrons. The molecule has 1 aromatic rings. The molecular formula is C17H25N3O3. The zero-order valence-corrected chi connectivity index (χ0v) is 13.9. The minimum absolute atomic E-state index is 0.0361. The normalized spacial score (nSPS) is 20.3. The smallest absolute Gasteiger partial charge is 0.245 e. The van der Waals surface area contributed by atoms with Crippen LogP contribution in [0.4, 0.5) is 0 Å². The highest BCUT2D eigenvalue weighted by Crippen LogP contribution is 2.18. The maximum atomic E-state index is 12.4. The highest BCUT2D eigenvalue weighted by molar-refractivity contribution is 5.90. The number of benzene rings is 1. The summed E-state index contributed by atoms with van der Waals surface area (Å²) in [6.07, 6.45) is 0.631. The summed E-state index contributed by atoms with van der Waals surface area (Å²) < 4.78 is 5.12. The maximum absolute atomic E-state index is 12.4. The number of nitrogens with zero attached hydrogens (tertiary/aromatic N) is 1. The molecule has 3 unspecified atom stereocenters. The molecule has 3 N–H and O–H groups in total. The molecule has 1 saturated heterocycles. The summed E-state index contributed by atoms with van der Waals surface area (Å²) in [6.45, 7) is 4.74. The lowest BCUT2D eigenvalue weighted by Gasteiger charge is -2.20. The van der Waals surface area contributed by atoms with Crippen molar-refractivity contribution in [2.75, 3.05) is 13.7 Å². The summed E-state index contributed by atoms with van der Waals surface area (Å²) in [5.41, 5.74) is 6.77. The predicted molar refractivity (Wildman–Crippen MR) is 87.8 cm³/mol. The van der Waals surface area contributed by atoms with Crippen LogP contribution in [0.2, 0.25) is 0 Å². The summed E-state index contributed by atoms with van der Waals surface area (Å²) in [7, 11) is 1.62. The molecule has 0 bridgehead atoms. The molecule has 0 aliphatic carbocycles. The van der Waals surface area contributed by atoms with Crippen LogP contribution in [0, 0.1) is 5.92 Å². The van der Waals surface area contributed by atoms with Gasteiger partial charge in [-0.2, -0.15) is 0 Å². The van der Waals surface area contributed by atoms with E-state index in [1.54, 1.807) is 25.9 Å². The van der Waals surface area contributed by atoms with Gasteiger partial charge in [-0.15, -0.1) is 0 Å². The number of amides is 2. The number of ether oxygens (including phenoxy) is 1. The summed E-state index contributed by atoms with van der Waals surface area (Å²) in [4.78, 5) is 26.2. The van der Waals surface area contributed by atoms with Crippen molar-refractivity contribution in [3.05, 3.63) is 29.8 Å². The van der Waals surface area contributed by atoms with E-state index < -0.39 is 6.04 Å². The van der Waals surface area contributed by atoms with E-state index in [2.05, 4.69) is 5.32 Å². The van der Waals surface area contributed by atoms with Crippen LogP contribution in [0.5, 0.6) is 5.75 Å². The first-order valence-corrected chi connectivity index (χ1v) is 7.90. The van der Waals surface area contributed by atoms with Crippen molar-refractivity contribution in [2.24, 2.45) is 11.7 Å². The zero-order chi connectivity index (χ0) is 17.0. The Hall–Kier alpha value is -2.08. The van der Waals surface area contributed by atoms with Gasteiger partial charge in [0.15, 0.2) is 0 Å². The lowest BCUT2D eigenvalue weighted by molar-refractivity contribution is -0.134. The third-order valence-electron chi connectivity index (χ3n) is 4.35. The maximum Gasteiger partial charge on any atom is 0.245 e. The number of carbonyl (C=O) groups is 2. The summed E-state index contributed by atoms with van der Waals surface area (Å²) in [5, 5.41) is 2.81. The average molecular weight is 319 g/mol. The van der Waals surface area contributed by atoms with Crippen LogP contribution in [-0.2, 0) is 16.1 Å². The highest BCUT2D eigenvalue weighted by Gasteiger charge is 2.33. The van der Waals surface area contributed by atoms with Crippen molar-refractivity contribution in [1.82, 2.24) is 10.2 Å². The molecule has 1 aromatic carbocycles. The molecule has 23 heavy (non-hydrogen) atoms. The van der Waals surface area contributed by atoms with Gasteiger partial charge in [0.25, 0.3) is 0 Å². The Labute approximate surface area is 137 Å².